The third-order valence-corrected chi connectivity index (χ3v) is 5.40. The van der Waals surface area contributed by atoms with E-state index in [4.69, 9.17) is 4.74 Å². The summed E-state index contributed by atoms with van der Waals surface area (Å²) in [6.45, 7) is 0.179. The summed E-state index contributed by atoms with van der Waals surface area (Å²) in [5.41, 5.74) is 1.63. The zero-order valence-electron chi connectivity index (χ0n) is 16.4. The maximum absolute atomic E-state index is 13.3. The summed E-state index contributed by atoms with van der Waals surface area (Å²) in [7, 11) is -3.63. The summed E-state index contributed by atoms with van der Waals surface area (Å²) in [6.07, 6.45) is 2.58. The number of hydrogen-bond acceptors (Lipinski definition) is 5. The summed E-state index contributed by atoms with van der Waals surface area (Å²) in [4.78, 5) is 16.9. The van der Waals surface area contributed by atoms with Crippen molar-refractivity contribution >= 4 is 26.9 Å². The third-order valence-electron chi connectivity index (χ3n) is 4.45. The van der Waals surface area contributed by atoms with E-state index in [1.807, 2.05) is 6.07 Å². The zero-order chi connectivity index (χ0) is 22.0. The molecule has 4 rings (SSSR count). The summed E-state index contributed by atoms with van der Waals surface area (Å²) in [5, 5.41) is 2.53. The molecule has 31 heavy (non-hydrogen) atoms. The van der Waals surface area contributed by atoms with Crippen molar-refractivity contribution in [2.24, 2.45) is 0 Å². The maximum Gasteiger partial charge on any atom is 0.276 e. The van der Waals surface area contributed by atoms with Crippen molar-refractivity contribution in [1.29, 1.82) is 0 Å². The molecular formula is C22H18FN3O4S. The molecule has 2 heterocycles. The minimum absolute atomic E-state index is 0.00226. The van der Waals surface area contributed by atoms with Gasteiger partial charge in [0.15, 0.2) is 5.69 Å². The molecule has 0 spiro atoms. The van der Waals surface area contributed by atoms with Gasteiger partial charge in [0.2, 0.25) is 15.0 Å². The highest BCUT2D eigenvalue weighted by Crippen LogP contribution is 2.20. The van der Waals surface area contributed by atoms with Crippen molar-refractivity contribution in [1.82, 2.24) is 9.38 Å². The van der Waals surface area contributed by atoms with Crippen LogP contribution in [0.4, 0.5) is 10.1 Å². The number of nitrogens with zero attached hydrogens (tertiary/aromatic N) is 2. The standard InChI is InChI=1S/C22H18FN3O4S/c1-31(28,29)22-25-20(19-10-2-3-11-26(19)22)21(27)24-17-8-4-6-15(12-17)14-30-18-9-5-7-16(23)13-18/h2-13H,14H2,1H3,(H,24,27). The number of pyridine rings is 1. The highest BCUT2D eigenvalue weighted by molar-refractivity contribution is 7.90. The Balaban J connectivity index is 1.55. The van der Waals surface area contributed by atoms with E-state index in [-0.39, 0.29) is 23.3 Å². The van der Waals surface area contributed by atoms with Gasteiger partial charge >= 0.3 is 0 Å². The number of nitrogens with one attached hydrogen (secondary N) is 1. The molecule has 158 valence electrons. The molecule has 0 aliphatic rings. The molecule has 0 radical (unpaired) electrons. The fourth-order valence-corrected chi connectivity index (χ4v) is 3.86. The van der Waals surface area contributed by atoms with Crippen molar-refractivity contribution in [2.75, 3.05) is 11.6 Å². The molecule has 9 heteroatoms. The molecular weight excluding hydrogens is 421 g/mol. The summed E-state index contributed by atoms with van der Waals surface area (Å²) in [6, 6.07) is 17.8. The van der Waals surface area contributed by atoms with Crippen molar-refractivity contribution < 1.29 is 22.3 Å². The predicted molar refractivity (Wildman–Crippen MR) is 113 cm³/mol. The molecule has 0 unspecified atom stereocenters. The maximum atomic E-state index is 13.3. The molecule has 0 atom stereocenters. The second-order valence-electron chi connectivity index (χ2n) is 6.87. The average Bonchev–Trinajstić information content (AvgIpc) is 3.13. The van der Waals surface area contributed by atoms with E-state index in [1.54, 1.807) is 54.7 Å². The van der Waals surface area contributed by atoms with Crippen LogP contribution in [0.15, 0.2) is 78.1 Å². The van der Waals surface area contributed by atoms with Crippen LogP contribution in [0.5, 0.6) is 5.75 Å². The minimum Gasteiger partial charge on any atom is -0.489 e. The van der Waals surface area contributed by atoms with Crippen molar-refractivity contribution in [3.05, 3.63) is 90.0 Å². The van der Waals surface area contributed by atoms with E-state index in [2.05, 4.69) is 10.3 Å². The third kappa shape index (κ3) is 4.56. The van der Waals surface area contributed by atoms with E-state index in [1.165, 1.54) is 16.5 Å². The first kappa shape index (κ1) is 20.5. The van der Waals surface area contributed by atoms with Crippen LogP contribution in [0.2, 0.25) is 0 Å². The van der Waals surface area contributed by atoms with Gasteiger partial charge in [-0.3, -0.25) is 9.20 Å². The van der Waals surface area contributed by atoms with Crippen molar-refractivity contribution in [3.8, 4) is 5.75 Å². The molecule has 0 aliphatic carbocycles. The summed E-state index contributed by atoms with van der Waals surface area (Å²) < 4.78 is 44.3. The molecule has 0 fully saturated rings. The van der Waals surface area contributed by atoms with Crippen LogP contribution < -0.4 is 10.1 Å². The fraction of sp³-hybridized carbons (Fsp3) is 0.0909. The van der Waals surface area contributed by atoms with Gasteiger partial charge in [0, 0.05) is 24.2 Å². The van der Waals surface area contributed by atoms with E-state index < -0.39 is 15.7 Å². The Labute approximate surface area is 178 Å². The lowest BCUT2D eigenvalue weighted by Crippen LogP contribution is -2.13. The molecule has 1 amide bonds. The Morgan fingerprint density at radius 2 is 1.90 bits per heavy atom. The van der Waals surface area contributed by atoms with Gasteiger partial charge in [-0.1, -0.05) is 24.3 Å². The van der Waals surface area contributed by atoms with E-state index in [9.17, 15) is 17.6 Å². The van der Waals surface area contributed by atoms with E-state index in [0.717, 1.165) is 11.8 Å². The summed E-state index contributed by atoms with van der Waals surface area (Å²) in [5.74, 6) is -0.534. The molecule has 4 aromatic rings. The van der Waals surface area contributed by atoms with E-state index in [0.29, 0.717) is 17.0 Å². The highest BCUT2D eigenvalue weighted by atomic mass is 32.2. The second kappa shape index (κ2) is 8.19. The quantitative estimate of drug-likeness (QED) is 0.495. The van der Waals surface area contributed by atoms with Gasteiger partial charge in [-0.15, -0.1) is 0 Å². The van der Waals surface area contributed by atoms with Gasteiger partial charge in [-0.25, -0.2) is 17.8 Å². The lowest BCUT2D eigenvalue weighted by atomic mass is 10.2. The lowest BCUT2D eigenvalue weighted by Gasteiger charge is -2.09. The normalized spacial score (nSPS) is 11.4. The fourth-order valence-electron chi connectivity index (χ4n) is 3.09. The number of carbonyl (C=O) groups is 1. The van der Waals surface area contributed by atoms with Gasteiger partial charge in [-0.2, -0.15) is 0 Å². The number of hydrogen-bond donors (Lipinski definition) is 1. The number of halogens is 1. The number of rotatable bonds is 6. The van der Waals surface area contributed by atoms with Gasteiger partial charge in [0.1, 0.15) is 18.2 Å². The molecule has 0 aliphatic heterocycles. The SMILES string of the molecule is CS(=O)(=O)c1nc(C(=O)Nc2cccc(COc3cccc(F)c3)c2)c2ccccn12. The van der Waals surface area contributed by atoms with Crippen LogP contribution in [0.1, 0.15) is 16.1 Å². The number of ether oxygens (including phenoxy) is 1. The van der Waals surface area contributed by atoms with Gasteiger partial charge in [-0.05, 0) is 42.0 Å². The molecule has 0 saturated carbocycles. The molecule has 0 bridgehead atoms. The first-order valence-electron chi connectivity index (χ1n) is 9.27. The smallest absolute Gasteiger partial charge is 0.276 e. The van der Waals surface area contributed by atoms with Crippen LogP contribution in [0.3, 0.4) is 0 Å². The van der Waals surface area contributed by atoms with Gasteiger partial charge in [0.25, 0.3) is 5.91 Å². The number of aromatic nitrogens is 2. The molecule has 2 aromatic carbocycles. The first-order chi connectivity index (χ1) is 14.8. The van der Waals surface area contributed by atoms with Crippen LogP contribution in [0, 0.1) is 5.82 Å². The average molecular weight is 439 g/mol. The zero-order valence-corrected chi connectivity index (χ0v) is 17.3. The van der Waals surface area contributed by atoms with Crippen LogP contribution >= 0.6 is 0 Å². The van der Waals surface area contributed by atoms with Crippen LogP contribution in [-0.2, 0) is 16.4 Å². The lowest BCUT2D eigenvalue weighted by molar-refractivity contribution is 0.102. The number of sulfone groups is 1. The molecule has 1 N–H and O–H groups in total. The Hall–Kier alpha value is -3.72. The topological polar surface area (TPSA) is 89.8 Å². The first-order valence-corrected chi connectivity index (χ1v) is 11.2. The van der Waals surface area contributed by atoms with Gasteiger partial charge < -0.3 is 10.1 Å². The van der Waals surface area contributed by atoms with Crippen LogP contribution in [0.25, 0.3) is 5.52 Å². The van der Waals surface area contributed by atoms with Crippen LogP contribution in [-0.4, -0.2) is 30.0 Å². The van der Waals surface area contributed by atoms with Gasteiger partial charge in [0.05, 0.1) is 5.52 Å². The number of anilines is 1. The molecule has 2 aromatic heterocycles. The summed E-state index contributed by atoms with van der Waals surface area (Å²) >= 11 is 0. The number of amides is 1. The predicted octanol–water partition coefficient (Wildman–Crippen LogP) is 3.71. The molecule has 7 nitrogen and oxygen atoms in total. The number of benzene rings is 2. The number of imidazole rings is 1. The largest absolute Gasteiger partial charge is 0.489 e. The Bertz CT molecular complexity index is 1380. The van der Waals surface area contributed by atoms with Crippen molar-refractivity contribution in [2.45, 2.75) is 11.8 Å². The highest BCUT2D eigenvalue weighted by Gasteiger charge is 2.22. The number of carbonyl (C=O) groups excluding carboxylic acids is 1. The minimum atomic E-state index is -3.63. The Morgan fingerprint density at radius 1 is 1.10 bits per heavy atom. The van der Waals surface area contributed by atoms with Crippen molar-refractivity contribution in [3.63, 3.8) is 0 Å². The molecule has 0 saturated heterocycles. The van der Waals surface area contributed by atoms with E-state index >= 15 is 0 Å². The number of fused-ring (bicyclic) bond motifs is 1. The Morgan fingerprint density at radius 3 is 2.68 bits per heavy atom. The monoisotopic (exact) mass is 439 g/mol. The second-order valence-corrected chi connectivity index (χ2v) is 8.78. The Kier molecular flexibility index (Phi) is 5.43.